The van der Waals surface area contributed by atoms with Gasteiger partial charge in [-0.1, -0.05) is 43.0 Å². The average Bonchev–Trinajstić information content (AvgIpc) is 2.86. The number of benzene rings is 2. The summed E-state index contributed by atoms with van der Waals surface area (Å²) >= 11 is 6.43. The van der Waals surface area contributed by atoms with Gasteiger partial charge >= 0.3 is 6.03 Å². The standard InChI is InChI=1S/C25H24ClN3O7/c1-35-21-13-16(12-20(26)22(21)36-14-15-6-5-9-18(10-15)29(33)34)11-19-23(30)27-25(32)28(24(19)31)17-7-3-2-4-8-17/h5-6,9-13,17H,2-4,7-8,14H2,1H3,(H,27,30,32). The normalized spacial score (nSPS) is 17.8. The first-order valence-electron chi connectivity index (χ1n) is 11.4. The first-order valence-corrected chi connectivity index (χ1v) is 11.8. The maximum Gasteiger partial charge on any atom is 0.331 e. The lowest BCUT2D eigenvalue weighted by Crippen LogP contribution is -2.58. The molecule has 1 aliphatic heterocycles. The van der Waals surface area contributed by atoms with E-state index in [9.17, 15) is 24.5 Å². The number of rotatable bonds is 7. The molecule has 1 heterocycles. The number of methoxy groups -OCH3 is 1. The fraction of sp³-hybridized carbons (Fsp3) is 0.320. The van der Waals surface area contributed by atoms with Crippen LogP contribution in [0.4, 0.5) is 10.5 Å². The largest absolute Gasteiger partial charge is 0.493 e. The number of nitrogens with zero attached hydrogens (tertiary/aromatic N) is 2. The van der Waals surface area contributed by atoms with E-state index in [2.05, 4.69) is 5.32 Å². The molecule has 2 fully saturated rings. The third-order valence-electron chi connectivity index (χ3n) is 6.14. The molecule has 11 heteroatoms. The van der Waals surface area contributed by atoms with Crippen molar-refractivity contribution in [3.63, 3.8) is 0 Å². The maximum absolute atomic E-state index is 13.1. The lowest BCUT2D eigenvalue weighted by molar-refractivity contribution is -0.384. The Morgan fingerprint density at radius 3 is 2.61 bits per heavy atom. The minimum Gasteiger partial charge on any atom is -0.493 e. The van der Waals surface area contributed by atoms with Gasteiger partial charge in [-0.15, -0.1) is 0 Å². The van der Waals surface area contributed by atoms with Crippen molar-refractivity contribution < 1.29 is 28.8 Å². The number of hydrogen-bond acceptors (Lipinski definition) is 7. The van der Waals surface area contributed by atoms with Crippen molar-refractivity contribution in [3.05, 3.63) is 68.2 Å². The van der Waals surface area contributed by atoms with Crippen molar-refractivity contribution in [3.8, 4) is 11.5 Å². The Hall–Kier alpha value is -3.92. The maximum atomic E-state index is 13.1. The van der Waals surface area contributed by atoms with Crippen molar-refractivity contribution in [2.24, 2.45) is 0 Å². The highest BCUT2D eigenvalue weighted by Gasteiger charge is 2.40. The van der Waals surface area contributed by atoms with Crippen LogP contribution in [0.1, 0.15) is 43.2 Å². The van der Waals surface area contributed by atoms with Gasteiger partial charge in [0.1, 0.15) is 12.2 Å². The molecule has 1 N–H and O–H groups in total. The molecule has 1 aliphatic carbocycles. The molecule has 2 aromatic carbocycles. The molecule has 1 saturated carbocycles. The molecule has 0 bridgehead atoms. The summed E-state index contributed by atoms with van der Waals surface area (Å²) in [5, 5.41) is 13.4. The SMILES string of the molecule is COc1cc(C=C2C(=O)NC(=O)N(C3CCCCC3)C2=O)cc(Cl)c1OCc1cccc([N+](=O)[O-])c1. The summed E-state index contributed by atoms with van der Waals surface area (Å²) in [5.41, 5.74) is 0.720. The van der Waals surface area contributed by atoms with Gasteiger partial charge < -0.3 is 9.47 Å². The van der Waals surface area contributed by atoms with E-state index in [0.29, 0.717) is 24.0 Å². The summed E-state index contributed by atoms with van der Waals surface area (Å²) in [6, 6.07) is 8.11. The van der Waals surface area contributed by atoms with Crippen molar-refractivity contribution in [1.82, 2.24) is 10.2 Å². The first-order chi connectivity index (χ1) is 17.3. The van der Waals surface area contributed by atoms with Gasteiger partial charge in [0, 0.05) is 18.2 Å². The fourth-order valence-corrected chi connectivity index (χ4v) is 4.66. The zero-order valence-electron chi connectivity index (χ0n) is 19.5. The zero-order valence-corrected chi connectivity index (χ0v) is 20.2. The van der Waals surface area contributed by atoms with E-state index < -0.39 is 22.8 Å². The molecule has 0 aromatic heterocycles. The molecular weight excluding hydrogens is 490 g/mol. The Balaban J connectivity index is 1.58. The lowest BCUT2D eigenvalue weighted by Gasteiger charge is -2.35. The Bertz CT molecular complexity index is 1250. The van der Waals surface area contributed by atoms with Crippen LogP contribution >= 0.6 is 11.6 Å². The molecule has 4 amide bonds. The molecule has 0 radical (unpaired) electrons. The van der Waals surface area contributed by atoms with E-state index in [4.69, 9.17) is 21.1 Å². The van der Waals surface area contributed by atoms with Crippen LogP contribution in [0.2, 0.25) is 5.02 Å². The summed E-state index contributed by atoms with van der Waals surface area (Å²) in [7, 11) is 1.41. The van der Waals surface area contributed by atoms with Gasteiger partial charge in [-0.25, -0.2) is 4.79 Å². The molecule has 188 valence electrons. The Morgan fingerprint density at radius 2 is 1.92 bits per heavy atom. The third kappa shape index (κ3) is 5.33. The lowest BCUT2D eigenvalue weighted by atomic mass is 9.93. The summed E-state index contributed by atoms with van der Waals surface area (Å²) in [6.45, 7) is -0.00243. The summed E-state index contributed by atoms with van der Waals surface area (Å²) < 4.78 is 11.2. The highest BCUT2D eigenvalue weighted by atomic mass is 35.5. The quantitative estimate of drug-likeness (QED) is 0.247. The van der Waals surface area contributed by atoms with Gasteiger partial charge in [-0.2, -0.15) is 0 Å². The number of nitro benzene ring substituents is 1. The van der Waals surface area contributed by atoms with Gasteiger partial charge in [-0.3, -0.25) is 29.9 Å². The number of barbiturate groups is 1. The topological polar surface area (TPSA) is 128 Å². The molecular formula is C25H24ClN3O7. The van der Waals surface area contributed by atoms with E-state index in [0.717, 1.165) is 24.2 Å². The molecule has 0 unspecified atom stereocenters. The number of hydrogen-bond donors (Lipinski definition) is 1. The number of imide groups is 2. The molecule has 10 nitrogen and oxygen atoms in total. The first kappa shape index (κ1) is 25.2. The van der Waals surface area contributed by atoms with Gasteiger partial charge in [0.15, 0.2) is 11.5 Å². The molecule has 0 atom stereocenters. The molecule has 1 saturated heterocycles. The van der Waals surface area contributed by atoms with Crippen LogP contribution in [-0.4, -0.2) is 40.8 Å². The van der Waals surface area contributed by atoms with E-state index in [1.165, 1.54) is 31.4 Å². The predicted molar refractivity (Wildman–Crippen MR) is 131 cm³/mol. The second-order valence-electron chi connectivity index (χ2n) is 8.53. The summed E-state index contributed by atoms with van der Waals surface area (Å²) in [6.07, 6.45) is 5.65. The molecule has 2 aliphatic rings. The second-order valence-corrected chi connectivity index (χ2v) is 8.94. The van der Waals surface area contributed by atoms with E-state index in [1.807, 2.05) is 0 Å². The highest BCUT2D eigenvalue weighted by Crippen LogP contribution is 2.38. The molecule has 0 spiro atoms. The van der Waals surface area contributed by atoms with Gasteiger partial charge in [0.25, 0.3) is 17.5 Å². The van der Waals surface area contributed by atoms with Gasteiger partial charge in [0.05, 0.1) is 17.1 Å². The number of ether oxygens (including phenoxy) is 2. The van der Waals surface area contributed by atoms with Crippen molar-refractivity contribution in [1.29, 1.82) is 0 Å². The fourth-order valence-electron chi connectivity index (χ4n) is 4.39. The number of halogens is 1. The van der Waals surface area contributed by atoms with Crippen LogP contribution < -0.4 is 14.8 Å². The number of urea groups is 1. The predicted octanol–water partition coefficient (Wildman–Crippen LogP) is 4.63. The third-order valence-corrected chi connectivity index (χ3v) is 6.42. The number of amides is 4. The number of nitro groups is 1. The van der Waals surface area contributed by atoms with Gasteiger partial charge in [0.2, 0.25) is 0 Å². The van der Waals surface area contributed by atoms with Crippen LogP contribution in [0.3, 0.4) is 0 Å². The second kappa shape index (κ2) is 10.8. The number of non-ortho nitro benzene ring substituents is 1. The summed E-state index contributed by atoms with van der Waals surface area (Å²) in [5.74, 6) is -0.982. The Morgan fingerprint density at radius 1 is 1.17 bits per heavy atom. The monoisotopic (exact) mass is 513 g/mol. The zero-order chi connectivity index (χ0) is 25.8. The van der Waals surface area contributed by atoms with Crippen LogP contribution in [0, 0.1) is 10.1 Å². The summed E-state index contributed by atoms with van der Waals surface area (Å²) in [4.78, 5) is 49.7. The Kier molecular flexibility index (Phi) is 7.54. The molecule has 36 heavy (non-hydrogen) atoms. The Labute approximate surface area is 212 Å². The van der Waals surface area contributed by atoms with Crippen molar-refractivity contribution in [2.75, 3.05) is 7.11 Å². The van der Waals surface area contributed by atoms with Crippen LogP contribution in [0.5, 0.6) is 11.5 Å². The van der Waals surface area contributed by atoms with Crippen LogP contribution in [0.15, 0.2) is 42.0 Å². The van der Waals surface area contributed by atoms with Crippen molar-refractivity contribution >= 4 is 41.2 Å². The van der Waals surface area contributed by atoms with E-state index >= 15 is 0 Å². The number of nitrogens with one attached hydrogen (secondary N) is 1. The van der Waals surface area contributed by atoms with Gasteiger partial charge in [-0.05, 0) is 42.2 Å². The highest BCUT2D eigenvalue weighted by molar-refractivity contribution is 6.33. The molecule has 2 aromatic rings. The van der Waals surface area contributed by atoms with Crippen LogP contribution in [0.25, 0.3) is 6.08 Å². The van der Waals surface area contributed by atoms with Crippen molar-refractivity contribution in [2.45, 2.75) is 44.8 Å². The minimum atomic E-state index is -0.779. The van der Waals surface area contributed by atoms with E-state index in [1.54, 1.807) is 18.2 Å². The number of carbonyl (C=O) groups excluding carboxylic acids is 3. The van der Waals surface area contributed by atoms with E-state index in [-0.39, 0.29) is 40.4 Å². The van der Waals surface area contributed by atoms with Crippen LogP contribution in [-0.2, 0) is 16.2 Å². The molecule has 4 rings (SSSR count). The average molecular weight is 514 g/mol. The minimum absolute atomic E-state index is 0.00243. The smallest absolute Gasteiger partial charge is 0.331 e. The number of carbonyl (C=O) groups is 3.